The summed E-state index contributed by atoms with van der Waals surface area (Å²) in [6.07, 6.45) is -2.59. The maximum Gasteiger partial charge on any atom is 0.416 e. The molecule has 0 saturated carbocycles. The van der Waals surface area contributed by atoms with Gasteiger partial charge in [0.15, 0.2) is 5.60 Å². The predicted molar refractivity (Wildman–Crippen MR) is 129 cm³/mol. The molecule has 0 aliphatic rings. The SMILES string of the molecule is Cc1cc(SCc2ccc3cn(-c4ccc(C(F)(F)F)cc4)nc3c2)ccc1OC(C)(C)C(=O)O. The lowest BCUT2D eigenvalue weighted by molar-refractivity contribution is -0.152. The van der Waals surface area contributed by atoms with Crippen molar-refractivity contribution in [3.63, 3.8) is 0 Å². The zero-order valence-corrected chi connectivity index (χ0v) is 20.1. The summed E-state index contributed by atoms with van der Waals surface area (Å²) in [7, 11) is 0. The van der Waals surface area contributed by atoms with Crippen LogP contribution in [0.4, 0.5) is 13.2 Å². The topological polar surface area (TPSA) is 64.4 Å². The summed E-state index contributed by atoms with van der Waals surface area (Å²) < 4.78 is 45.7. The van der Waals surface area contributed by atoms with Crippen LogP contribution in [0.3, 0.4) is 0 Å². The van der Waals surface area contributed by atoms with Gasteiger partial charge >= 0.3 is 12.1 Å². The number of aryl methyl sites for hydroxylation is 1. The Kier molecular flexibility index (Phi) is 6.55. The number of rotatable bonds is 7. The molecule has 9 heteroatoms. The number of carboxylic acid groups (broad SMARTS) is 1. The fourth-order valence-corrected chi connectivity index (χ4v) is 4.34. The molecule has 4 aromatic rings. The number of ether oxygens (including phenoxy) is 1. The van der Waals surface area contributed by atoms with Gasteiger partial charge in [0.1, 0.15) is 5.75 Å². The standard InChI is InChI=1S/C26H23F3N2O3S/c1-16-12-21(10-11-23(16)34-25(2,3)24(32)33)35-15-17-4-5-18-14-31(30-22(18)13-17)20-8-6-19(7-9-20)26(27,28)29/h4-14H,15H2,1-3H3,(H,32,33). The molecule has 3 aromatic carbocycles. The van der Waals surface area contributed by atoms with Crippen LogP contribution in [0.25, 0.3) is 16.6 Å². The molecule has 0 radical (unpaired) electrons. The third kappa shape index (κ3) is 5.62. The maximum atomic E-state index is 12.8. The van der Waals surface area contributed by atoms with Gasteiger partial charge in [-0.1, -0.05) is 12.1 Å². The van der Waals surface area contributed by atoms with E-state index in [1.807, 2.05) is 37.3 Å². The second-order valence-electron chi connectivity index (χ2n) is 8.64. The van der Waals surface area contributed by atoms with Crippen molar-refractivity contribution in [3.8, 4) is 11.4 Å². The van der Waals surface area contributed by atoms with Crippen molar-refractivity contribution in [2.75, 3.05) is 0 Å². The van der Waals surface area contributed by atoms with Crippen molar-refractivity contribution < 1.29 is 27.8 Å². The number of nitrogens with zero attached hydrogens (tertiary/aromatic N) is 2. The van der Waals surface area contributed by atoms with Gasteiger partial charge in [-0.2, -0.15) is 18.3 Å². The second kappa shape index (κ2) is 9.30. The normalized spacial score (nSPS) is 12.2. The first-order chi connectivity index (χ1) is 16.4. The highest BCUT2D eigenvalue weighted by molar-refractivity contribution is 7.98. The summed E-state index contributed by atoms with van der Waals surface area (Å²) in [6.45, 7) is 4.89. The fraction of sp³-hybridized carbons (Fsp3) is 0.231. The van der Waals surface area contributed by atoms with Gasteiger partial charge in [-0.3, -0.25) is 0 Å². The molecule has 0 unspecified atom stereocenters. The van der Waals surface area contributed by atoms with Crippen molar-refractivity contribution in [2.45, 2.75) is 43.2 Å². The second-order valence-corrected chi connectivity index (χ2v) is 9.69. The average Bonchev–Trinajstić information content (AvgIpc) is 3.22. The van der Waals surface area contributed by atoms with Crippen molar-refractivity contribution in [2.24, 2.45) is 0 Å². The predicted octanol–water partition coefficient (Wildman–Crippen LogP) is 6.89. The molecular formula is C26H23F3N2O3S. The number of thioether (sulfide) groups is 1. The Bertz CT molecular complexity index is 1380. The van der Waals surface area contributed by atoms with Crippen LogP contribution in [0, 0.1) is 6.92 Å². The zero-order chi connectivity index (χ0) is 25.4. The van der Waals surface area contributed by atoms with Crippen molar-refractivity contribution >= 4 is 28.6 Å². The van der Waals surface area contributed by atoms with Crippen molar-refractivity contribution in [1.82, 2.24) is 9.78 Å². The van der Waals surface area contributed by atoms with Crippen LogP contribution in [-0.2, 0) is 16.7 Å². The molecule has 0 fully saturated rings. The first-order valence-electron chi connectivity index (χ1n) is 10.7. The summed E-state index contributed by atoms with van der Waals surface area (Å²) in [5.41, 5.74) is 1.17. The van der Waals surface area contributed by atoms with Gasteiger partial charge in [0.05, 0.1) is 16.8 Å². The Balaban J connectivity index is 1.46. The summed E-state index contributed by atoms with van der Waals surface area (Å²) in [5, 5.41) is 14.7. The molecule has 0 aliphatic heterocycles. The van der Waals surface area contributed by atoms with E-state index < -0.39 is 23.3 Å². The first-order valence-corrected chi connectivity index (χ1v) is 11.7. The van der Waals surface area contributed by atoms with Gasteiger partial charge in [0, 0.05) is 22.2 Å². The largest absolute Gasteiger partial charge is 0.478 e. The molecule has 182 valence electrons. The lowest BCUT2D eigenvalue weighted by Crippen LogP contribution is -2.38. The minimum atomic E-state index is -4.37. The van der Waals surface area contributed by atoms with E-state index >= 15 is 0 Å². The van der Waals surface area contributed by atoms with Crippen molar-refractivity contribution in [3.05, 3.63) is 83.6 Å². The van der Waals surface area contributed by atoms with E-state index in [-0.39, 0.29) is 0 Å². The molecule has 0 aliphatic carbocycles. The Labute approximate surface area is 204 Å². The number of alkyl halides is 3. The minimum absolute atomic E-state index is 0.525. The van der Waals surface area contributed by atoms with Gasteiger partial charge < -0.3 is 9.84 Å². The van der Waals surface area contributed by atoms with E-state index in [4.69, 9.17) is 4.74 Å². The van der Waals surface area contributed by atoms with Crippen LogP contribution >= 0.6 is 11.8 Å². The molecule has 35 heavy (non-hydrogen) atoms. The van der Waals surface area contributed by atoms with E-state index in [1.165, 1.54) is 26.0 Å². The van der Waals surface area contributed by atoms with E-state index in [9.17, 15) is 23.1 Å². The highest BCUT2D eigenvalue weighted by Crippen LogP contribution is 2.32. The Hall–Kier alpha value is -3.46. The third-order valence-electron chi connectivity index (χ3n) is 5.46. The zero-order valence-electron chi connectivity index (χ0n) is 19.3. The molecular weight excluding hydrogens is 477 g/mol. The molecule has 1 N–H and O–H groups in total. The minimum Gasteiger partial charge on any atom is -0.478 e. The summed E-state index contributed by atoms with van der Waals surface area (Å²) in [6, 6.07) is 16.4. The molecule has 0 atom stereocenters. The van der Waals surface area contributed by atoms with Crippen LogP contribution in [0.1, 0.15) is 30.5 Å². The number of benzene rings is 3. The van der Waals surface area contributed by atoms with E-state index in [0.717, 1.165) is 39.1 Å². The number of fused-ring (bicyclic) bond motifs is 1. The summed E-state index contributed by atoms with van der Waals surface area (Å²) >= 11 is 1.62. The van der Waals surface area contributed by atoms with Crippen LogP contribution in [0.5, 0.6) is 5.75 Å². The van der Waals surface area contributed by atoms with Crippen LogP contribution in [-0.4, -0.2) is 26.5 Å². The number of hydrogen-bond acceptors (Lipinski definition) is 4. The summed E-state index contributed by atoms with van der Waals surface area (Å²) in [5.74, 6) is 0.173. The molecule has 5 nitrogen and oxygen atoms in total. The van der Waals surface area contributed by atoms with Gasteiger partial charge in [0.25, 0.3) is 0 Å². The highest BCUT2D eigenvalue weighted by Gasteiger charge is 2.30. The summed E-state index contributed by atoms with van der Waals surface area (Å²) in [4.78, 5) is 12.3. The molecule has 1 aromatic heterocycles. The van der Waals surface area contributed by atoms with E-state index in [0.29, 0.717) is 17.2 Å². The van der Waals surface area contributed by atoms with Gasteiger partial charge in [-0.05, 0) is 80.4 Å². The number of aromatic nitrogens is 2. The Morgan fingerprint density at radius 2 is 1.77 bits per heavy atom. The number of carbonyl (C=O) groups is 1. The number of aliphatic carboxylic acids is 1. The fourth-order valence-electron chi connectivity index (χ4n) is 3.40. The average molecular weight is 501 g/mol. The number of halogens is 3. The maximum absolute atomic E-state index is 12.8. The third-order valence-corrected chi connectivity index (χ3v) is 6.53. The Morgan fingerprint density at radius 1 is 1.06 bits per heavy atom. The molecule has 4 rings (SSSR count). The molecule has 1 heterocycles. The van der Waals surface area contributed by atoms with Gasteiger partial charge in [-0.15, -0.1) is 11.8 Å². The van der Waals surface area contributed by atoms with Crippen LogP contribution in [0.15, 0.2) is 71.8 Å². The monoisotopic (exact) mass is 500 g/mol. The molecule has 0 bridgehead atoms. The highest BCUT2D eigenvalue weighted by atomic mass is 32.2. The lowest BCUT2D eigenvalue weighted by atomic mass is 10.1. The van der Waals surface area contributed by atoms with Gasteiger partial charge in [-0.25, -0.2) is 9.48 Å². The Morgan fingerprint density at radius 3 is 2.40 bits per heavy atom. The smallest absolute Gasteiger partial charge is 0.416 e. The van der Waals surface area contributed by atoms with E-state index in [1.54, 1.807) is 28.7 Å². The van der Waals surface area contributed by atoms with Crippen LogP contribution in [0.2, 0.25) is 0 Å². The molecule has 0 amide bonds. The van der Waals surface area contributed by atoms with Crippen LogP contribution < -0.4 is 4.74 Å². The number of carboxylic acids is 1. The van der Waals surface area contributed by atoms with Crippen molar-refractivity contribution in [1.29, 1.82) is 0 Å². The molecule has 0 spiro atoms. The first kappa shape index (κ1) is 24.7. The number of hydrogen-bond donors (Lipinski definition) is 1. The quantitative estimate of drug-likeness (QED) is 0.280. The molecule has 0 saturated heterocycles. The van der Waals surface area contributed by atoms with E-state index in [2.05, 4.69) is 5.10 Å². The lowest BCUT2D eigenvalue weighted by Gasteiger charge is -2.23. The van der Waals surface area contributed by atoms with Gasteiger partial charge in [0.2, 0.25) is 0 Å².